The average molecular weight is 384 g/mol. The lowest BCUT2D eigenvalue weighted by atomic mass is 9.49. The number of carbonyl (C=O) groups excluding carboxylic acids is 2. The van der Waals surface area contributed by atoms with Gasteiger partial charge in [-0.3, -0.25) is 9.59 Å². The minimum atomic E-state index is -0.433. The first-order valence-electron chi connectivity index (χ1n) is 10.7. The van der Waals surface area contributed by atoms with E-state index in [1.165, 1.54) is 19.3 Å². The fourth-order valence-electron chi connectivity index (χ4n) is 5.94. The summed E-state index contributed by atoms with van der Waals surface area (Å²) < 4.78 is 0. The minimum Gasteiger partial charge on any atom is -0.352 e. The van der Waals surface area contributed by atoms with Gasteiger partial charge in [0.05, 0.1) is 0 Å². The zero-order valence-corrected chi connectivity index (χ0v) is 17.1. The van der Waals surface area contributed by atoms with Gasteiger partial charge >= 0.3 is 0 Å². The highest BCUT2D eigenvalue weighted by Crippen LogP contribution is 2.60. The summed E-state index contributed by atoms with van der Waals surface area (Å²) in [7, 11) is 0. The summed E-state index contributed by atoms with van der Waals surface area (Å²) in [6.07, 6.45) is 7.29. The van der Waals surface area contributed by atoms with E-state index in [0.29, 0.717) is 18.7 Å². The molecule has 0 atom stereocenters. The van der Waals surface area contributed by atoms with Gasteiger partial charge in [-0.25, -0.2) is 0 Å². The summed E-state index contributed by atoms with van der Waals surface area (Å²) in [4.78, 5) is 25.2. The monoisotopic (exact) mass is 383 g/mol. The van der Waals surface area contributed by atoms with E-state index in [4.69, 9.17) is 5.73 Å². The van der Waals surface area contributed by atoms with Gasteiger partial charge in [0.15, 0.2) is 0 Å². The number of carbonyl (C=O) groups is 2. The molecule has 4 aliphatic carbocycles. The van der Waals surface area contributed by atoms with Crippen molar-refractivity contribution in [3.8, 4) is 0 Å². The summed E-state index contributed by atoms with van der Waals surface area (Å²) in [6.45, 7) is 4.71. The van der Waals surface area contributed by atoms with Crippen LogP contribution in [0.2, 0.25) is 0 Å². The SMILES string of the molecule is CC(C)(N)CNC(=O)c1ccc(CNC(=O)C23CC4CC(CC(C4)C2)C3)cc1. The Kier molecular flexibility index (Phi) is 4.98. The van der Waals surface area contributed by atoms with Crippen molar-refractivity contribution in [1.29, 1.82) is 0 Å². The van der Waals surface area contributed by atoms with Crippen molar-refractivity contribution in [1.82, 2.24) is 10.6 Å². The molecule has 1 aromatic rings. The molecule has 4 fully saturated rings. The van der Waals surface area contributed by atoms with Crippen molar-refractivity contribution >= 4 is 11.8 Å². The third-order valence-electron chi connectivity index (χ3n) is 6.89. The molecule has 5 nitrogen and oxygen atoms in total. The van der Waals surface area contributed by atoms with E-state index in [9.17, 15) is 9.59 Å². The van der Waals surface area contributed by atoms with E-state index in [1.807, 2.05) is 38.1 Å². The van der Waals surface area contributed by atoms with Crippen molar-refractivity contribution in [3.05, 3.63) is 35.4 Å². The smallest absolute Gasteiger partial charge is 0.251 e. The standard InChI is InChI=1S/C23H33N3O2/c1-22(2,24)14-26-20(27)19-5-3-15(4-6-19)13-25-21(28)23-10-16-7-17(11-23)9-18(8-16)12-23/h3-6,16-18H,7-14,24H2,1-2H3,(H,25,28)(H,26,27). The first-order valence-corrected chi connectivity index (χ1v) is 10.7. The van der Waals surface area contributed by atoms with Crippen molar-refractivity contribution in [2.24, 2.45) is 28.9 Å². The van der Waals surface area contributed by atoms with Crippen LogP contribution in [0.1, 0.15) is 68.3 Å². The molecule has 0 aromatic heterocycles. The molecule has 0 aliphatic heterocycles. The zero-order valence-electron chi connectivity index (χ0n) is 17.1. The lowest BCUT2D eigenvalue weighted by molar-refractivity contribution is -0.146. The molecule has 4 N–H and O–H groups in total. The van der Waals surface area contributed by atoms with Crippen LogP contribution in [-0.2, 0) is 11.3 Å². The van der Waals surface area contributed by atoms with Gasteiger partial charge in [0, 0.05) is 29.6 Å². The number of nitrogens with one attached hydrogen (secondary N) is 2. The molecule has 0 unspecified atom stereocenters. The molecule has 5 rings (SSSR count). The van der Waals surface area contributed by atoms with E-state index in [2.05, 4.69) is 10.6 Å². The Labute approximate surface area is 167 Å². The van der Waals surface area contributed by atoms with E-state index in [0.717, 1.165) is 42.6 Å². The molecule has 1 aromatic carbocycles. The molecule has 0 radical (unpaired) electrons. The van der Waals surface area contributed by atoms with Gasteiger partial charge in [-0.2, -0.15) is 0 Å². The lowest BCUT2D eigenvalue weighted by Gasteiger charge is -2.55. The van der Waals surface area contributed by atoms with Gasteiger partial charge < -0.3 is 16.4 Å². The first kappa shape index (κ1) is 19.4. The predicted octanol–water partition coefficient (Wildman–Crippen LogP) is 2.99. The van der Waals surface area contributed by atoms with Gasteiger partial charge in [0.2, 0.25) is 5.91 Å². The van der Waals surface area contributed by atoms with Crippen LogP contribution < -0.4 is 16.4 Å². The molecule has 0 heterocycles. The summed E-state index contributed by atoms with van der Waals surface area (Å²) in [5.41, 5.74) is 7.00. The maximum atomic E-state index is 13.0. The summed E-state index contributed by atoms with van der Waals surface area (Å²) in [6, 6.07) is 7.46. The van der Waals surface area contributed by atoms with Crippen molar-refractivity contribution in [2.45, 2.75) is 64.5 Å². The molecule has 2 amide bonds. The number of hydrogen-bond donors (Lipinski definition) is 3. The molecule has 0 saturated heterocycles. The fourth-order valence-corrected chi connectivity index (χ4v) is 5.94. The molecular weight excluding hydrogens is 350 g/mol. The highest BCUT2D eigenvalue weighted by molar-refractivity contribution is 5.94. The Hall–Kier alpha value is -1.88. The highest BCUT2D eigenvalue weighted by atomic mass is 16.2. The van der Waals surface area contributed by atoms with Crippen LogP contribution in [0.25, 0.3) is 0 Å². The van der Waals surface area contributed by atoms with Crippen LogP contribution in [0.3, 0.4) is 0 Å². The number of benzene rings is 1. The third-order valence-corrected chi connectivity index (χ3v) is 6.89. The van der Waals surface area contributed by atoms with Gasteiger partial charge in [0.1, 0.15) is 0 Å². The fraction of sp³-hybridized carbons (Fsp3) is 0.652. The summed E-state index contributed by atoms with van der Waals surface area (Å²) >= 11 is 0. The molecule has 152 valence electrons. The number of nitrogens with two attached hydrogens (primary N) is 1. The second kappa shape index (κ2) is 7.18. The normalized spacial score (nSPS) is 30.9. The number of hydrogen-bond acceptors (Lipinski definition) is 3. The van der Waals surface area contributed by atoms with Crippen LogP contribution in [0.15, 0.2) is 24.3 Å². The molecule has 0 spiro atoms. The quantitative estimate of drug-likeness (QED) is 0.706. The molecule has 28 heavy (non-hydrogen) atoms. The van der Waals surface area contributed by atoms with Crippen molar-refractivity contribution in [3.63, 3.8) is 0 Å². The first-order chi connectivity index (χ1) is 13.2. The molecular formula is C23H33N3O2. The van der Waals surface area contributed by atoms with Crippen LogP contribution in [-0.4, -0.2) is 23.9 Å². The Bertz CT molecular complexity index is 713. The molecule has 4 aliphatic rings. The maximum absolute atomic E-state index is 13.0. The largest absolute Gasteiger partial charge is 0.352 e. The topological polar surface area (TPSA) is 84.2 Å². The molecule has 4 bridgehead atoms. The van der Waals surface area contributed by atoms with Gasteiger partial charge in [-0.15, -0.1) is 0 Å². The lowest BCUT2D eigenvalue weighted by Crippen LogP contribution is -2.53. The maximum Gasteiger partial charge on any atom is 0.251 e. The second-order valence-corrected chi connectivity index (χ2v) is 10.2. The van der Waals surface area contributed by atoms with Gasteiger partial charge in [-0.05, 0) is 87.8 Å². The predicted molar refractivity (Wildman–Crippen MR) is 109 cm³/mol. The van der Waals surface area contributed by atoms with Crippen molar-refractivity contribution in [2.75, 3.05) is 6.54 Å². The molecule has 4 saturated carbocycles. The van der Waals surface area contributed by atoms with Gasteiger partial charge in [0.25, 0.3) is 5.91 Å². The van der Waals surface area contributed by atoms with Crippen LogP contribution in [0.4, 0.5) is 0 Å². The van der Waals surface area contributed by atoms with Crippen molar-refractivity contribution < 1.29 is 9.59 Å². The van der Waals surface area contributed by atoms with Crippen LogP contribution in [0.5, 0.6) is 0 Å². The highest BCUT2D eigenvalue weighted by Gasteiger charge is 2.54. The second-order valence-electron chi connectivity index (χ2n) is 10.2. The van der Waals surface area contributed by atoms with E-state index in [1.54, 1.807) is 0 Å². The van der Waals surface area contributed by atoms with E-state index >= 15 is 0 Å². The summed E-state index contributed by atoms with van der Waals surface area (Å²) in [5, 5.41) is 6.04. The Morgan fingerprint density at radius 3 is 2.04 bits per heavy atom. The zero-order chi connectivity index (χ0) is 19.9. The Morgan fingerprint density at radius 1 is 1.00 bits per heavy atom. The number of rotatable bonds is 6. The third kappa shape index (κ3) is 4.09. The number of amides is 2. The van der Waals surface area contributed by atoms with Gasteiger partial charge in [-0.1, -0.05) is 12.1 Å². The van der Waals surface area contributed by atoms with Crippen LogP contribution >= 0.6 is 0 Å². The average Bonchev–Trinajstić information content (AvgIpc) is 2.63. The Morgan fingerprint density at radius 2 is 1.54 bits per heavy atom. The summed E-state index contributed by atoms with van der Waals surface area (Å²) in [5.74, 6) is 2.44. The van der Waals surface area contributed by atoms with Crippen LogP contribution in [0, 0.1) is 23.2 Å². The molecule has 5 heteroatoms. The Balaban J connectivity index is 1.32. The minimum absolute atomic E-state index is 0.108. The van der Waals surface area contributed by atoms with E-state index in [-0.39, 0.29) is 17.2 Å². The van der Waals surface area contributed by atoms with E-state index < -0.39 is 5.54 Å².